The van der Waals surface area contributed by atoms with Crippen LogP contribution in [0.1, 0.15) is 20.8 Å². The summed E-state index contributed by atoms with van der Waals surface area (Å²) in [6.07, 6.45) is 0. The van der Waals surface area contributed by atoms with Gasteiger partial charge in [-0.15, -0.1) is 11.3 Å². The number of nitro benzene ring substituents is 1. The summed E-state index contributed by atoms with van der Waals surface area (Å²) in [6, 6.07) is 13.0. The van der Waals surface area contributed by atoms with Gasteiger partial charge in [0.15, 0.2) is 5.16 Å². The average Bonchev–Trinajstić information content (AvgIpc) is 3.21. The quantitative estimate of drug-likeness (QED) is 0.242. The molecule has 4 aromatic rings. The number of amides is 1. The predicted octanol–water partition coefficient (Wildman–Crippen LogP) is 4.29. The number of nitrogens with zero attached hydrogens (tertiary/aromatic N) is 4. The molecule has 10 nitrogen and oxygen atoms in total. The summed E-state index contributed by atoms with van der Waals surface area (Å²) in [7, 11) is 1.57. The zero-order valence-electron chi connectivity index (χ0n) is 18.5. The monoisotopic (exact) mass is 507 g/mol. The number of aryl methyl sites for hydroxylation is 1. The maximum absolute atomic E-state index is 13.4. The molecule has 3 heterocycles. The molecule has 0 bridgehead atoms. The molecule has 2 aromatic carbocycles. The molecule has 1 N–H and O–H groups in total. The summed E-state index contributed by atoms with van der Waals surface area (Å²) in [5.74, 6) is 0.793. The highest BCUT2D eigenvalue weighted by atomic mass is 32.2. The predicted molar refractivity (Wildman–Crippen MR) is 135 cm³/mol. The average molecular weight is 508 g/mol. The Balaban J connectivity index is 1.50. The fourth-order valence-electron chi connectivity index (χ4n) is 3.62. The molecule has 0 saturated heterocycles. The smallest absolute Gasteiger partial charge is 0.283 e. The summed E-state index contributed by atoms with van der Waals surface area (Å²) in [5.41, 5.74) is 2.03. The van der Waals surface area contributed by atoms with E-state index in [0.29, 0.717) is 54.3 Å². The second kappa shape index (κ2) is 8.96. The topological polar surface area (TPSA) is 129 Å². The number of rotatable bonds is 5. The van der Waals surface area contributed by atoms with Crippen molar-refractivity contribution in [3.05, 3.63) is 85.0 Å². The lowest BCUT2D eigenvalue weighted by atomic mass is 10.1. The van der Waals surface area contributed by atoms with E-state index in [-0.39, 0.29) is 17.2 Å². The molecule has 1 aliphatic rings. The van der Waals surface area contributed by atoms with Crippen LogP contribution in [0.5, 0.6) is 5.75 Å². The number of methoxy groups -OCH3 is 1. The first-order chi connectivity index (χ1) is 16.9. The molecule has 1 aliphatic heterocycles. The molecule has 1 amide bonds. The van der Waals surface area contributed by atoms with E-state index in [1.165, 1.54) is 28.6 Å². The minimum absolute atomic E-state index is 0.0203. The van der Waals surface area contributed by atoms with Crippen molar-refractivity contribution in [2.45, 2.75) is 12.1 Å². The molecule has 0 spiro atoms. The lowest BCUT2D eigenvalue weighted by Gasteiger charge is -2.15. The van der Waals surface area contributed by atoms with E-state index >= 15 is 0 Å². The number of thioether (sulfide) groups is 1. The Kier molecular flexibility index (Phi) is 5.83. The molecule has 5 rings (SSSR count). The van der Waals surface area contributed by atoms with Crippen LogP contribution in [-0.4, -0.2) is 39.1 Å². The highest BCUT2D eigenvalue weighted by Gasteiger charge is 2.24. The molecule has 35 heavy (non-hydrogen) atoms. The van der Waals surface area contributed by atoms with Crippen molar-refractivity contribution in [3.8, 4) is 5.75 Å². The highest BCUT2D eigenvalue weighted by Crippen LogP contribution is 2.31. The minimum Gasteiger partial charge on any atom is -0.497 e. The van der Waals surface area contributed by atoms with Crippen LogP contribution in [0, 0.1) is 17.0 Å². The van der Waals surface area contributed by atoms with Gasteiger partial charge in [-0.25, -0.2) is 4.98 Å². The normalized spacial score (nSPS) is 12.7. The third-order valence-electron chi connectivity index (χ3n) is 5.44. The van der Waals surface area contributed by atoms with Crippen molar-refractivity contribution in [2.24, 2.45) is 5.10 Å². The van der Waals surface area contributed by atoms with Crippen molar-refractivity contribution in [2.75, 3.05) is 18.2 Å². The van der Waals surface area contributed by atoms with E-state index < -0.39 is 4.92 Å². The second-order valence-corrected chi connectivity index (χ2v) is 9.51. The summed E-state index contributed by atoms with van der Waals surface area (Å²) in [6.45, 7) is 1.72. The molecule has 12 heteroatoms. The lowest BCUT2D eigenvalue weighted by molar-refractivity contribution is -0.384. The van der Waals surface area contributed by atoms with Gasteiger partial charge in [-0.1, -0.05) is 11.8 Å². The van der Waals surface area contributed by atoms with Gasteiger partial charge in [-0.05, 0) is 54.4 Å². The summed E-state index contributed by atoms with van der Waals surface area (Å²) >= 11 is 2.50. The lowest BCUT2D eigenvalue weighted by Crippen LogP contribution is -2.25. The largest absolute Gasteiger partial charge is 0.497 e. The van der Waals surface area contributed by atoms with Crippen LogP contribution in [0.25, 0.3) is 10.2 Å². The van der Waals surface area contributed by atoms with E-state index in [4.69, 9.17) is 4.74 Å². The van der Waals surface area contributed by atoms with Gasteiger partial charge < -0.3 is 10.1 Å². The third kappa shape index (κ3) is 4.17. The fourth-order valence-corrected chi connectivity index (χ4v) is 5.63. The van der Waals surface area contributed by atoms with Crippen LogP contribution in [0.4, 0.5) is 11.4 Å². The molecule has 0 saturated carbocycles. The molecule has 2 aromatic heterocycles. The minimum atomic E-state index is -0.469. The van der Waals surface area contributed by atoms with Gasteiger partial charge >= 0.3 is 0 Å². The van der Waals surface area contributed by atoms with Crippen LogP contribution in [0.2, 0.25) is 0 Å². The standard InChI is InChI=1S/C23H17N5O5S2/c1-12-18-21(35-19(12)20(29)24-14-5-9-16(33-2)10-6-14)25-23-27(22(18)30)26-17(11-34-23)13-3-7-15(8-4-13)28(31)32/h3-10H,11H2,1-2H3,(H,24,29). The Bertz CT molecular complexity index is 1570. The zero-order chi connectivity index (χ0) is 24.7. The van der Waals surface area contributed by atoms with Crippen LogP contribution in [0.15, 0.2) is 63.6 Å². The Hall–Kier alpha value is -4.03. The van der Waals surface area contributed by atoms with Crippen LogP contribution >= 0.6 is 23.1 Å². The molecule has 0 unspecified atom stereocenters. The maximum Gasteiger partial charge on any atom is 0.283 e. The summed E-state index contributed by atoms with van der Waals surface area (Å²) in [5, 5.41) is 19.0. The molecule has 0 atom stereocenters. The van der Waals surface area contributed by atoms with Crippen molar-refractivity contribution < 1.29 is 14.5 Å². The maximum atomic E-state index is 13.4. The van der Waals surface area contributed by atoms with Gasteiger partial charge in [0.1, 0.15) is 10.6 Å². The van der Waals surface area contributed by atoms with Crippen molar-refractivity contribution in [1.82, 2.24) is 9.66 Å². The van der Waals surface area contributed by atoms with Crippen LogP contribution in [-0.2, 0) is 0 Å². The molecule has 176 valence electrons. The van der Waals surface area contributed by atoms with Crippen molar-refractivity contribution >= 4 is 56.3 Å². The molecule has 0 radical (unpaired) electrons. The Morgan fingerprint density at radius 1 is 1.17 bits per heavy atom. The number of benzene rings is 2. The first kappa shape index (κ1) is 22.7. The molecular formula is C23H17N5O5S2. The van der Waals surface area contributed by atoms with Crippen LogP contribution in [0.3, 0.4) is 0 Å². The van der Waals surface area contributed by atoms with Crippen molar-refractivity contribution in [3.63, 3.8) is 0 Å². The van der Waals surface area contributed by atoms with E-state index in [1.807, 2.05) is 0 Å². The highest BCUT2D eigenvalue weighted by molar-refractivity contribution is 7.99. The number of nitrogens with one attached hydrogen (secondary N) is 1. The number of ether oxygens (including phenoxy) is 1. The van der Waals surface area contributed by atoms with Gasteiger partial charge in [0.2, 0.25) is 0 Å². The van der Waals surface area contributed by atoms with Crippen LogP contribution < -0.4 is 15.6 Å². The number of anilines is 1. The third-order valence-corrected chi connectivity index (χ3v) is 7.56. The number of aromatic nitrogens is 2. The Morgan fingerprint density at radius 3 is 2.54 bits per heavy atom. The molecule has 0 aliphatic carbocycles. The van der Waals surface area contributed by atoms with E-state index in [9.17, 15) is 19.7 Å². The van der Waals surface area contributed by atoms with Gasteiger partial charge in [-0.3, -0.25) is 19.7 Å². The SMILES string of the molecule is COc1ccc(NC(=O)c2sc3nc4n(c(=O)c3c2C)N=C(c2ccc([N+](=O)[O-])cc2)CS4)cc1. The van der Waals surface area contributed by atoms with Gasteiger partial charge in [0.05, 0.1) is 28.0 Å². The number of hydrogen-bond donors (Lipinski definition) is 1. The first-order valence-corrected chi connectivity index (χ1v) is 12.1. The Morgan fingerprint density at radius 2 is 1.89 bits per heavy atom. The number of carbonyl (C=O) groups is 1. The second-order valence-electron chi connectivity index (χ2n) is 7.57. The van der Waals surface area contributed by atoms with Gasteiger partial charge in [0.25, 0.3) is 17.2 Å². The fraction of sp³-hybridized carbons (Fsp3) is 0.130. The number of fused-ring (bicyclic) bond motifs is 2. The summed E-state index contributed by atoms with van der Waals surface area (Å²) < 4.78 is 6.37. The molecular weight excluding hydrogens is 490 g/mol. The van der Waals surface area contributed by atoms with E-state index in [2.05, 4.69) is 15.4 Å². The van der Waals surface area contributed by atoms with Crippen molar-refractivity contribution in [1.29, 1.82) is 0 Å². The van der Waals surface area contributed by atoms with E-state index in [0.717, 1.165) is 11.3 Å². The number of thiophene rings is 1. The Labute approximate surface area is 206 Å². The van der Waals surface area contributed by atoms with E-state index in [1.54, 1.807) is 50.4 Å². The number of non-ortho nitro benzene ring substituents is 1. The summed E-state index contributed by atoms with van der Waals surface area (Å²) in [4.78, 5) is 42.2. The molecule has 0 fully saturated rings. The van der Waals surface area contributed by atoms with Gasteiger partial charge in [-0.2, -0.15) is 9.78 Å². The first-order valence-electron chi connectivity index (χ1n) is 10.3. The number of carbonyl (C=O) groups excluding carboxylic acids is 1. The van der Waals surface area contributed by atoms with Gasteiger partial charge in [0, 0.05) is 23.6 Å². The number of hydrogen-bond acceptors (Lipinski definition) is 9. The number of nitro groups is 1. The zero-order valence-corrected chi connectivity index (χ0v) is 20.1.